The van der Waals surface area contributed by atoms with Gasteiger partial charge >= 0.3 is 5.97 Å². The quantitative estimate of drug-likeness (QED) is 0.202. The molecule has 9 heteroatoms. The molecule has 59 heavy (non-hydrogen) atoms. The van der Waals surface area contributed by atoms with E-state index in [1.165, 1.54) is 55.4 Å². The van der Waals surface area contributed by atoms with Crippen LogP contribution in [0.1, 0.15) is 135 Å². The predicted molar refractivity (Wildman–Crippen MR) is 238 cm³/mol. The molecule has 0 bridgehead atoms. The zero-order valence-corrected chi connectivity index (χ0v) is 38.1. The van der Waals surface area contributed by atoms with E-state index in [2.05, 4.69) is 62.7 Å². The summed E-state index contributed by atoms with van der Waals surface area (Å²) in [6, 6.07) is 8.16. The van der Waals surface area contributed by atoms with E-state index >= 15 is 0 Å². The topological polar surface area (TPSA) is 130 Å². The van der Waals surface area contributed by atoms with E-state index in [9.17, 15) is 24.3 Å². The fraction of sp³-hybridized carbons (Fsp3) is 0.760. The van der Waals surface area contributed by atoms with E-state index in [1.807, 2.05) is 30.8 Å². The maximum Gasteiger partial charge on any atom is 0.306 e. The highest BCUT2D eigenvalue weighted by Crippen LogP contribution is 2.72. The smallest absolute Gasteiger partial charge is 0.306 e. The molecule has 0 radical (unpaired) electrons. The van der Waals surface area contributed by atoms with Gasteiger partial charge in [0.25, 0.3) is 5.91 Å². The minimum Gasteiger partial charge on any atom is -0.481 e. The largest absolute Gasteiger partial charge is 0.481 e. The molecule has 1 aliphatic heterocycles. The van der Waals surface area contributed by atoms with Gasteiger partial charge in [0.05, 0.1) is 5.92 Å². The molecule has 326 valence electrons. The minimum absolute atomic E-state index is 0.0179. The molecule has 5 saturated carbocycles. The Hall–Kier alpha value is -2.49. The highest BCUT2D eigenvalue weighted by molar-refractivity contribution is 7.99. The minimum atomic E-state index is -0.753. The Balaban J connectivity index is 0.00000260. The van der Waals surface area contributed by atoms with E-state index in [4.69, 9.17) is 0 Å². The number of nitrogens with zero attached hydrogens (tertiary/aromatic N) is 1. The Labute approximate surface area is 359 Å². The van der Waals surface area contributed by atoms with Crippen molar-refractivity contribution < 1.29 is 24.3 Å². The monoisotopic (exact) mass is 830 g/mol. The van der Waals surface area contributed by atoms with Crippen LogP contribution in [0.4, 0.5) is 0 Å². The Morgan fingerprint density at radius 3 is 2.22 bits per heavy atom. The van der Waals surface area contributed by atoms with Crippen molar-refractivity contribution in [1.82, 2.24) is 10.2 Å². The van der Waals surface area contributed by atoms with Gasteiger partial charge in [0.1, 0.15) is 5.78 Å². The molecule has 12 atom stereocenters. The summed E-state index contributed by atoms with van der Waals surface area (Å²) in [5.74, 6) is 5.16. The van der Waals surface area contributed by atoms with Gasteiger partial charge in [-0.25, -0.2) is 0 Å². The number of fused-ring (bicyclic) bond motifs is 7. The number of hydrogen-bond acceptors (Lipinski definition) is 7. The molecule has 1 amide bonds. The van der Waals surface area contributed by atoms with Gasteiger partial charge in [0, 0.05) is 67.4 Å². The van der Waals surface area contributed by atoms with Crippen molar-refractivity contribution in [2.24, 2.45) is 81.2 Å². The molecule has 8 nitrogen and oxygen atoms in total. The number of ketones is 2. The Morgan fingerprint density at radius 1 is 0.898 bits per heavy atom. The highest BCUT2D eigenvalue weighted by Gasteiger charge is 2.64. The third-order valence-electron chi connectivity index (χ3n) is 18.1. The number of nitrogens with one attached hydrogen (secondary N) is 1. The maximum atomic E-state index is 14.0. The zero-order valence-electron chi connectivity index (χ0n) is 37.3. The third-order valence-corrected chi connectivity index (χ3v) is 19.0. The molecule has 4 N–H and O–H groups in total. The Kier molecular flexibility index (Phi) is 13.4. The van der Waals surface area contributed by atoms with Crippen LogP contribution < -0.4 is 11.1 Å². The summed E-state index contributed by atoms with van der Waals surface area (Å²) in [7, 11) is 1.50. The standard InChI is InChI=1S/C49H70N2O5S.CH5N/c1-29(2)43-41(53)27-49(19-20-50-45(54)33-9-7-32(8-10-33)28-51-21-23-57-24-22-51)18-15-39-35(44(43)49)11-12-42-47(5)16-13-34(30(3)38(47)14-17-48(39,42)6)25-40(52)36-26-37(31(36)4)46(55)56;1-2/h7-10,29-31,34-39,42H,11-28H2,1-6H3,(H,50,54)(H,55,56);2H2,1H3. The van der Waals surface area contributed by atoms with Crippen molar-refractivity contribution in [2.75, 3.05) is 38.2 Å². The number of aliphatic carboxylic acids is 1. The van der Waals surface area contributed by atoms with Gasteiger partial charge in [-0.05, 0) is 153 Å². The van der Waals surface area contributed by atoms with E-state index in [0.717, 1.165) is 57.3 Å². The van der Waals surface area contributed by atoms with Crippen molar-refractivity contribution in [2.45, 2.75) is 125 Å². The van der Waals surface area contributed by atoms with Crippen molar-refractivity contribution in [3.8, 4) is 0 Å². The molecular formula is C50H75N3O5S. The second-order valence-corrected chi connectivity index (χ2v) is 22.2. The molecule has 7 aliphatic rings. The molecular weight excluding hydrogens is 755 g/mol. The van der Waals surface area contributed by atoms with Gasteiger partial charge < -0.3 is 16.2 Å². The summed E-state index contributed by atoms with van der Waals surface area (Å²) in [6.07, 6.45) is 11.8. The summed E-state index contributed by atoms with van der Waals surface area (Å²) >= 11 is 2.02. The van der Waals surface area contributed by atoms with E-state index in [0.29, 0.717) is 78.4 Å². The lowest BCUT2D eigenvalue weighted by Crippen LogP contribution is -2.60. The van der Waals surface area contributed by atoms with Gasteiger partial charge in [0.15, 0.2) is 5.78 Å². The van der Waals surface area contributed by atoms with Crippen molar-refractivity contribution >= 4 is 35.2 Å². The number of Topliss-reactive ketones (excluding diaryl/α,β-unsaturated/α-hetero) is 2. The Morgan fingerprint density at radius 2 is 1.56 bits per heavy atom. The van der Waals surface area contributed by atoms with Crippen LogP contribution in [-0.4, -0.2) is 71.6 Å². The van der Waals surface area contributed by atoms with Crippen molar-refractivity contribution in [3.05, 3.63) is 46.5 Å². The summed E-state index contributed by atoms with van der Waals surface area (Å²) in [5.41, 5.74) is 9.41. The number of carbonyl (C=O) groups is 4. The molecule has 1 saturated heterocycles. The van der Waals surface area contributed by atoms with Gasteiger partial charge in [-0.1, -0.05) is 59.2 Å². The first kappa shape index (κ1) is 44.6. The van der Waals surface area contributed by atoms with Crippen LogP contribution in [0.2, 0.25) is 0 Å². The van der Waals surface area contributed by atoms with Crippen LogP contribution >= 0.6 is 11.8 Å². The number of nitrogens with two attached hydrogens (primary N) is 1. The molecule has 6 fully saturated rings. The lowest BCUT2D eigenvalue weighted by atomic mass is 9.37. The fourth-order valence-corrected chi connectivity index (χ4v) is 16.0. The van der Waals surface area contributed by atoms with Crippen LogP contribution in [0, 0.1) is 75.4 Å². The first-order valence-electron chi connectivity index (χ1n) is 23.4. The third kappa shape index (κ3) is 8.05. The lowest BCUT2D eigenvalue weighted by molar-refractivity contribution is -0.172. The van der Waals surface area contributed by atoms with Gasteiger partial charge in [0.2, 0.25) is 0 Å². The van der Waals surface area contributed by atoms with E-state index in [-0.39, 0.29) is 45.8 Å². The number of allylic oxidation sites excluding steroid dienone is 2. The second kappa shape index (κ2) is 17.7. The molecule has 6 aliphatic carbocycles. The first-order chi connectivity index (χ1) is 28.2. The van der Waals surface area contributed by atoms with Crippen LogP contribution in [0.15, 0.2) is 35.4 Å². The van der Waals surface area contributed by atoms with Crippen LogP contribution in [0.25, 0.3) is 0 Å². The molecule has 0 spiro atoms. The van der Waals surface area contributed by atoms with Crippen LogP contribution in [0.3, 0.4) is 0 Å². The number of benzene rings is 1. The summed E-state index contributed by atoms with van der Waals surface area (Å²) in [4.78, 5) is 55.0. The molecule has 12 unspecified atom stereocenters. The van der Waals surface area contributed by atoms with E-state index in [1.54, 1.807) is 0 Å². The molecule has 1 aromatic carbocycles. The van der Waals surface area contributed by atoms with Crippen LogP contribution in [-0.2, 0) is 20.9 Å². The number of thioether (sulfide) groups is 1. The molecule has 0 aromatic heterocycles. The predicted octanol–water partition coefficient (Wildman–Crippen LogP) is 9.06. The van der Waals surface area contributed by atoms with Crippen molar-refractivity contribution in [3.63, 3.8) is 0 Å². The number of carboxylic acid groups (broad SMARTS) is 1. The highest BCUT2D eigenvalue weighted by atomic mass is 32.2. The number of hydrogen-bond donors (Lipinski definition) is 3. The number of carboxylic acids is 1. The van der Waals surface area contributed by atoms with Gasteiger partial charge in [-0.2, -0.15) is 11.8 Å². The van der Waals surface area contributed by atoms with Crippen LogP contribution in [0.5, 0.6) is 0 Å². The number of amides is 1. The lowest BCUT2D eigenvalue weighted by Gasteiger charge is -2.67. The first-order valence-corrected chi connectivity index (χ1v) is 24.6. The normalized spacial score (nSPS) is 39.1. The summed E-state index contributed by atoms with van der Waals surface area (Å²) in [5, 5.41) is 12.8. The molecule has 1 heterocycles. The molecule has 8 rings (SSSR count). The number of carbonyl (C=O) groups excluding carboxylic acids is 3. The summed E-state index contributed by atoms with van der Waals surface area (Å²) < 4.78 is 0. The second-order valence-electron chi connectivity index (χ2n) is 21.0. The van der Waals surface area contributed by atoms with Gasteiger partial charge in [-0.3, -0.25) is 24.1 Å². The SMILES string of the molecule is CC(C)C1=C2C3CCC4C(C)(CCC5C(C)C(CC(=O)C6CC(C(=O)O)C6C)CCC54C)C3CCC2(CCNC(=O)c2ccc(CN3CCSCC3)cc2)CC1=O.CN. The number of rotatable bonds is 11. The average Bonchev–Trinajstić information content (AvgIpc) is 3.52. The summed E-state index contributed by atoms with van der Waals surface area (Å²) in [6.45, 7) is 17.8. The van der Waals surface area contributed by atoms with Crippen molar-refractivity contribution in [1.29, 1.82) is 0 Å². The Bertz CT molecular complexity index is 1770. The molecule has 1 aromatic rings. The van der Waals surface area contributed by atoms with Gasteiger partial charge in [-0.15, -0.1) is 0 Å². The van der Waals surface area contributed by atoms with E-state index < -0.39 is 5.97 Å². The fourth-order valence-electron chi connectivity index (χ4n) is 15.0. The maximum absolute atomic E-state index is 14.0. The average molecular weight is 830 g/mol. The zero-order chi connectivity index (χ0) is 42.4.